The summed E-state index contributed by atoms with van der Waals surface area (Å²) in [7, 11) is 0. The summed E-state index contributed by atoms with van der Waals surface area (Å²) in [5.74, 6) is -1.80. The molecule has 0 aliphatic carbocycles. The molecular formula is C13H17NO5. The fourth-order valence-corrected chi connectivity index (χ4v) is 1.79. The van der Waals surface area contributed by atoms with Gasteiger partial charge in [-0.1, -0.05) is 12.1 Å². The summed E-state index contributed by atoms with van der Waals surface area (Å²) in [6.07, 6.45) is 0. The predicted molar refractivity (Wildman–Crippen MR) is 68.3 cm³/mol. The van der Waals surface area contributed by atoms with Gasteiger partial charge in [0, 0.05) is 0 Å². The molecule has 0 heterocycles. The Bertz CT molecular complexity index is 494. The number of rotatable bonds is 5. The van der Waals surface area contributed by atoms with Crippen molar-refractivity contribution in [2.45, 2.75) is 19.9 Å². The van der Waals surface area contributed by atoms with Gasteiger partial charge in [-0.25, -0.2) is 4.79 Å². The lowest BCUT2D eigenvalue weighted by atomic mass is 9.96. The highest BCUT2D eigenvalue weighted by Crippen LogP contribution is 2.19. The molecule has 1 aromatic rings. The standard InChI is InChI=1S/C13H17NO5/c1-7-3-4-8(2)11(13(18)19)10(7)12(17)14-9(5-15)6-16/h3-4,9,15-16H,5-6H2,1-2H3,(H,14,17)(H,18,19). The van der Waals surface area contributed by atoms with Crippen molar-refractivity contribution in [2.24, 2.45) is 0 Å². The second-order valence-corrected chi connectivity index (χ2v) is 4.29. The van der Waals surface area contributed by atoms with Gasteiger partial charge in [0.25, 0.3) is 5.91 Å². The molecule has 0 radical (unpaired) electrons. The molecule has 1 aromatic carbocycles. The lowest BCUT2D eigenvalue weighted by molar-refractivity contribution is 0.0688. The Hall–Kier alpha value is -1.92. The van der Waals surface area contributed by atoms with E-state index in [2.05, 4.69) is 5.32 Å². The highest BCUT2D eigenvalue weighted by Gasteiger charge is 2.22. The summed E-state index contributed by atoms with van der Waals surface area (Å²) < 4.78 is 0. The second-order valence-electron chi connectivity index (χ2n) is 4.29. The first-order chi connectivity index (χ1) is 8.92. The number of carbonyl (C=O) groups is 2. The zero-order valence-electron chi connectivity index (χ0n) is 10.8. The number of benzene rings is 1. The van der Waals surface area contributed by atoms with E-state index < -0.39 is 31.1 Å². The lowest BCUT2D eigenvalue weighted by Crippen LogP contribution is -2.41. The highest BCUT2D eigenvalue weighted by atomic mass is 16.4. The number of nitrogens with one attached hydrogen (secondary N) is 1. The first kappa shape index (κ1) is 15.1. The van der Waals surface area contributed by atoms with Gasteiger partial charge >= 0.3 is 5.97 Å². The van der Waals surface area contributed by atoms with E-state index in [9.17, 15) is 14.7 Å². The third-order valence-electron chi connectivity index (χ3n) is 2.84. The topological polar surface area (TPSA) is 107 Å². The molecule has 0 saturated carbocycles. The van der Waals surface area contributed by atoms with Crippen molar-refractivity contribution in [1.82, 2.24) is 5.32 Å². The molecule has 0 fully saturated rings. The zero-order chi connectivity index (χ0) is 14.6. The normalized spacial score (nSPS) is 10.6. The summed E-state index contributed by atoms with van der Waals surface area (Å²) >= 11 is 0. The first-order valence-electron chi connectivity index (χ1n) is 5.78. The van der Waals surface area contributed by atoms with Crippen LogP contribution in [0.2, 0.25) is 0 Å². The molecule has 19 heavy (non-hydrogen) atoms. The number of amides is 1. The number of aromatic carboxylic acids is 1. The Kier molecular flexibility index (Phi) is 5.02. The van der Waals surface area contributed by atoms with Gasteiger partial charge in [0.05, 0.1) is 30.4 Å². The third kappa shape index (κ3) is 3.30. The van der Waals surface area contributed by atoms with Crippen LogP contribution in [0.15, 0.2) is 12.1 Å². The SMILES string of the molecule is Cc1ccc(C)c(C(=O)NC(CO)CO)c1C(=O)O. The van der Waals surface area contributed by atoms with E-state index in [1.807, 2.05) is 0 Å². The van der Waals surface area contributed by atoms with E-state index >= 15 is 0 Å². The maximum absolute atomic E-state index is 12.1. The summed E-state index contributed by atoms with van der Waals surface area (Å²) in [6, 6.07) is 2.48. The fraction of sp³-hybridized carbons (Fsp3) is 0.385. The number of hydrogen-bond acceptors (Lipinski definition) is 4. The summed E-state index contributed by atoms with van der Waals surface area (Å²) in [5.41, 5.74) is 0.995. The first-order valence-corrected chi connectivity index (χ1v) is 5.78. The molecule has 0 atom stereocenters. The van der Waals surface area contributed by atoms with Gasteiger partial charge in [0.1, 0.15) is 0 Å². The van der Waals surface area contributed by atoms with Crippen LogP contribution in [0.1, 0.15) is 31.8 Å². The molecule has 0 aliphatic rings. The summed E-state index contributed by atoms with van der Waals surface area (Å²) in [6.45, 7) is 2.40. The number of aliphatic hydroxyl groups is 2. The van der Waals surface area contributed by atoms with Crippen LogP contribution in [-0.2, 0) is 0 Å². The quantitative estimate of drug-likeness (QED) is 0.604. The Balaban J connectivity index is 3.22. The van der Waals surface area contributed by atoms with Gasteiger partial charge in [0.15, 0.2) is 0 Å². The van der Waals surface area contributed by atoms with E-state index in [1.165, 1.54) is 0 Å². The molecule has 0 aromatic heterocycles. The van der Waals surface area contributed by atoms with Crippen molar-refractivity contribution < 1.29 is 24.9 Å². The number of hydrogen-bond donors (Lipinski definition) is 4. The minimum Gasteiger partial charge on any atom is -0.478 e. The third-order valence-corrected chi connectivity index (χ3v) is 2.84. The van der Waals surface area contributed by atoms with E-state index in [-0.39, 0.29) is 11.1 Å². The molecular weight excluding hydrogens is 250 g/mol. The fourth-order valence-electron chi connectivity index (χ4n) is 1.79. The van der Waals surface area contributed by atoms with Gasteiger partial charge in [-0.05, 0) is 25.0 Å². The van der Waals surface area contributed by atoms with E-state index in [1.54, 1.807) is 26.0 Å². The Morgan fingerprint density at radius 3 is 2.00 bits per heavy atom. The molecule has 0 bridgehead atoms. The van der Waals surface area contributed by atoms with Gasteiger partial charge in [-0.3, -0.25) is 4.79 Å². The van der Waals surface area contributed by atoms with Crippen LogP contribution < -0.4 is 5.32 Å². The molecule has 6 heteroatoms. The van der Waals surface area contributed by atoms with Crippen molar-refractivity contribution in [1.29, 1.82) is 0 Å². The summed E-state index contributed by atoms with van der Waals surface area (Å²) in [5, 5.41) is 29.4. The Labute approximate surface area is 110 Å². The van der Waals surface area contributed by atoms with Crippen LogP contribution in [0.4, 0.5) is 0 Å². The van der Waals surface area contributed by atoms with Crippen molar-refractivity contribution in [2.75, 3.05) is 13.2 Å². The van der Waals surface area contributed by atoms with E-state index in [0.717, 1.165) is 0 Å². The maximum Gasteiger partial charge on any atom is 0.336 e. The van der Waals surface area contributed by atoms with Gasteiger partial charge < -0.3 is 20.6 Å². The highest BCUT2D eigenvalue weighted by molar-refractivity contribution is 6.06. The Morgan fingerprint density at radius 2 is 1.58 bits per heavy atom. The summed E-state index contributed by atoms with van der Waals surface area (Å²) in [4.78, 5) is 23.3. The van der Waals surface area contributed by atoms with Crippen molar-refractivity contribution in [3.63, 3.8) is 0 Å². The van der Waals surface area contributed by atoms with Crippen LogP contribution in [0, 0.1) is 13.8 Å². The maximum atomic E-state index is 12.1. The minimum atomic E-state index is -1.18. The molecule has 1 rings (SSSR count). The number of aliphatic hydroxyl groups excluding tert-OH is 2. The van der Waals surface area contributed by atoms with Crippen molar-refractivity contribution in [3.8, 4) is 0 Å². The average Bonchev–Trinajstić information content (AvgIpc) is 2.37. The predicted octanol–water partition coefficient (Wildman–Crippen LogP) is 0.0846. The largest absolute Gasteiger partial charge is 0.478 e. The van der Waals surface area contributed by atoms with Gasteiger partial charge in [-0.15, -0.1) is 0 Å². The molecule has 4 N–H and O–H groups in total. The average molecular weight is 267 g/mol. The second kappa shape index (κ2) is 6.31. The van der Waals surface area contributed by atoms with Crippen LogP contribution in [0.25, 0.3) is 0 Å². The van der Waals surface area contributed by atoms with Crippen molar-refractivity contribution >= 4 is 11.9 Å². The number of aryl methyl sites for hydroxylation is 2. The van der Waals surface area contributed by atoms with E-state index in [0.29, 0.717) is 11.1 Å². The smallest absolute Gasteiger partial charge is 0.336 e. The van der Waals surface area contributed by atoms with Gasteiger partial charge in [-0.2, -0.15) is 0 Å². The molecule has 0 unspecified atom stereocenters. The molecule has 0 spiro atoms. The number of carboxylic acid groups (broad SMARTS) is 1. The van der Waals surface area contributed by atoms with Crippen LogP contribution >= 0.6 is 0 Å². The van der Waals surface area contributed by atoms with Crippen LogP contribution in [0.3, 0.4) is 0 Å². The zero-order valence-corrected chi connectivity index (χ0v) is 10.8. The van der Waals surface area contributed by atoms with Crippen molar-refractivity contribution in [3.05, 3.63) is 34.4 Å². The van der Waals surface area contributed by atoms with Gasteiger partial charge in [0.2, 0.25) is 0 Å². The monoisotopic (exact) mass is 267 g/mol. The Morgan fingerprint density at radius 1 is 1.11 bits per heavy atom. The molecule has 6 nitrogen and oxygen atoms in total. The lowest BCUT2D eigenvalue weighted by Gasteiger charge is -2.16. The molecule has 0 saturated heterocycles. The number of carbonyl (C=O) groups excluding carboxylic acids is 1. The minimum absolute atomic E-state index is 0.0550. The van der Waals surface area contributed by atoms with Crippen LogP contribution in [-0.4, -0.2) is 46.5 Å². The molecule has 1 amide bonds. The van der Waals surface area contributed by atoms with E-state index in [4.69, 9.17) is 10.2 Å². The van der Waals surface area contributed by atoms with Crippen LogP contribution in [0.5, 0.6) is 0 Å². The molecule has 0 aliphatic heterocycles. The number of carboxylic acids is 1. The molecule has 104 valence electrons.